The number of nitrogens with zero attached hydrogens (tertiary/aromatic N) is 3. The molecule has 3 rings (SSSR count). The summed E-state index contributed by atoms with van der Waals surface area (Å²) in [4.78, 5) is 23.2. The molecule has 0 spiro atoms. The lowest BCUT2D eigenvalue weighted by Gasteiger charge is -2.24. The monoisotopic (exact) mass is 469 g/mol. The number of pyridine rings is 1. The molecule has 1 N–H and O–H groups in total. The van der Waals surface area contributed by atoms with Crippen LogP contribution in [0.5, 0.6) is 0 Å². The predicted octanol–water partition coefficient (Wildman–Crippen LogP) is 3.52. The molecular formula is C19H16F3N4O3S2-. The van der Waals surface area contributed by atoms with Crippen molar-refractivity contribution in [2.24, 2.45) is 0 Å². The van der Waals surface area contributed by atoms with Gasteiger partial charge in [0.1, 0.15) is 5.69 Å². The van der Waals surface area contributed by atoms with E-state index >= 15 is 0 Å². The van der Waals surface area contributed by atoms with Crippen LogP contribution in [0.15, 0.2) is 48.8 Å². The van der Waals surface area contributed by atoms with Crippen molar-refractivity contribution in [3.05, 3.63) is 69.9 Å². The van der Waals surface area contributed by atoms with Crippen LogP contribution in [0.1, 0.15) is 25.9 Å². The van der Waals surface area contributed by atoms with E-state index in [1.807, 2.05) is 0 Å². The molecule has 1 amide bonds. The molecule has 164 valence electrons. The maximum absolute atomic E-state index is 13.5. The fourth-order valence-corrected chi connectivity index (χ4v) is 3.98. The largest absolute Gasteiger partial charge is 0.760 e. The number of thiazole rings is 1. The van der Waals surface area contributed by atoms with E-state index < -0.39 is 28.9 Å². The van der Waals surface area contributed by atoms with E-state index in [1.165, 1.54) is 47.9 Å². The summed E-state index contributed by atoms with van der Waals surface area (Å²) in [5, 5.41) is 0.750. The summed E-state index contributed by atoms with van der Waals surface area (Å²) in [7, 11) is 0. The number of benzene rings is 1. The average Bonchev–Trinajstić information content (AvgIpc) is 3.14. The number of carbonyl (C=O) groups is 1. The molecule has 2 heterocycles. The van der Waals surface area contributed by atoms with Gasteiger partial charge in [-0.3, -0.25) is 14.0 Å². The van der Waals surface area contributed by atoms with E-state index in [-0.39, 0.29) is 30.0 Å². The minimum atomic E-state index is -4.63. The van der Waals surface area contributed by atoms with Gasteiger partial charge in [-0.25, -0.2) is 9.71 Å². The van der Waals surface area contributed by atoms with Crippen molar-refractivity contribution in [3.8, 4) is 11.1 Å². The highest BCUT2D eigenvalue weighted by Gasteiger charge is 2.34. The number of alkyl halides is 3. The van der Waals surface area contributed by atoms with Gasteiger partial charge >= 0.3 is 6.18 Å². The van der Waals surface area contributed by atoms with Gasteiger partial charge in [-0.1, -0.05) is 24.3 Å². The van der Waals surface area contributed by atoms with Crippen molar-refractivity contribution < 1.29 is 26.7 Å². The first kappa shape index (κ1) is 23.0. The maximum atomic E-state index is 13.5. The highest BCUT2D eigenvalue weighted by molar-refractivity contribution is 7.77. The van der Waals surface area contributed by atoms with Crippen molar-refractivity contribution in [1.29, 1.82) is 0 Å². The highest BCUT2D eigenvalue weighted by atomic mass is 32.2. The number of aromatic nitrogens is 2. The molecule has 0 aliphatic carbocycles. The lowest BCUT2D eigenvalue weighted by molar-refractivity contribution is -0.137. The van der Waals surface area contributed by atoms with Gasteiger partial charge < -0.3 is 9.45 Å². The Morgan fingerprint density at radius 3 is 2.55 bits per heavy atom. The number of hydrogen-bond donors (Lipinski definition) is 1. The number of rotatable bonds is 7. The van der Waals surface area contributed by atoms with Crippen molar-refractivity contribution in [2.45, 2.75) is 19.6 Å². The summed E-state index contributed by atoms with van der Waals surface area (Å²) in [6, 6.07) is 7.69. The topological polar surface area (TPSA) is 98.3 Å². The predicted molar refractivity (Wildman–Crippen MR) is 108 cm³/mol. The van der Waals surface area contributed by atoms with E-state index in [2.05, 4.69) is 14.7 Å². The summed E-state index contributed by atoms with van der Waals surface area (Å²) in [6.07, 6.45) is -1.79. The SMILES string of the molecule is Cc1ncc(CN(CNS(=O)[O-])C(=O)c2ncccc2-c2ccccc2C(F)(F)F)s1. The second-order valence-electron chi connectivity index (χ2n) is 6.33. The van der Waals surface area contributed by atoms with Crippen LogP contribution < -0.4 is 4.72 Å². The van der Waals surface area contributed by atoms with E-state index in [0.717, 1.165) is 16.0 Å². The van der Waals surface area contributed by atoms with Crippen molar-refractivity contribution in [3.63, 3.8) is 0 Å². The van der Waals surface area contributed by atoms with Crippen LogP contribution in [0.2, 0.25) is 0 Å². The van der Waals surface area contributed by atoms with E-state index in [1.54, 1.807) is 13.1 Å². The average molecular weight is 469 g/mol. The zero-order chi connectivity index (χ0) is 22.6. The second kappa shape index (κ2) is 9.64. The second-order valence-corrected chi connectivity index (χ2v) is 8.41. The van der Waals surface area contributed by atoms with Crippen molar-refractivity contribution in [1.82, 2.24) is 19.6 Å². The molecule has 0 saturated carbocycles. The number of halogens is 3. The Kier molecular flexibility index (Phi) is 7.15. The standard InChI is InChI=1S/C19H17F3N4O3S2/c1-12-24-9-13(30-12)10-26(11-25-31(28)29)18(27)17-15(6-4-8-23-17)14-5-2-3-7-16(14)19(20,21)22/h2-9,25H,10-11H2,1H3,(H,28,29)/p-1. The molecule has 2 aromatic heterocycles. The number of nitrogens with one attached hydrogen (secondary N) is 1. The van der Waals surface area contributed by atoms with Gasteiger partial charge in [0.15, 0.2) is 0 Å². The molecule has 0 fully saturated rings. The Balaban J connectivity index is 2.03. The molecule has 1 atom stereocenters. The van der Waals surface area contributed by atoms with Crippen molar-refractivity contribution in [2.75, 3.05) is 6.67 Å². The molecule has 0 aliphatic heterocycles. The molecule has 0 radical (unpaired) electrons. The first-order valence-corrected chi connectivity index (χ1v) is 10.7. The summed E-state index contributed by atoms with van der Waals surface area (Å²) in [6.45, 7) is 1.39. The summed E-state index contributed by atoms with van der Waals surface area (Å²) in [5.41, 5.74) is -1.33. The third-order valence-electron chi connectivity index (χ3n) is 4.21. The number of carbonyl (C=O) groups excluding carboxylic acids is 1. The summed E-state index contributed by atoms with van der Waals surface area (Å²) in [5.74, 6) is -0.725. The Labute approximate surface area is 182 Å². The third kappa shape index (κ3) is 5.73. The Morgan fingerprint density at radius 2 is 1.90 bits per heavy atom. The molecule has 7 nitrogen and oxygen atoms in total. The van der Waals surface area contributed by atoms with Gasteiger partial charge in [0.2, 0.25) is 0 Å². The number of amides is 1. The number of aryl methyl sites for hydroxylation is 1. The Bertz CT molecular complexity index is 1100. The smallest absolute Gasteiger partial charge is 0.417 e. The van der Waals surface area contributed by atoms with Crippen LogP contribution in [-0.2, 0) is 24.0 Å². The molecular weight excluding hydrogens is 453 g/mol. The molecule has 12 heteroatoms. The number of hydrogen-bond acceptors (Lipinski definition) is 6. The van der Waals surface area contributed by atoms with Gasteiger partial charge in [0.25, 0.3) is 5.91 Å². The van der Waals surface area contributed by atoms with E-state index in [4.69, 9.17) is 0 Å². The van der Waals surface area contributed by atoms with Gasteiger partial charge in [0, 0.05) is 34.1 Å². The molecule has 0 saturated heterocycles. The first-order chi connectivity index (χ1) is 14.7. The van der Waals surface area contributed by atoms with E-state index in [9.17, 15) is 26.7 Å². The van der Waals surface area contributed by atoms with E-state index in [0.29, 0.717) is 4.88 Å². The zero-order valence-electron chi connectivity index (χ0n) is 16.0. The quantitative estimate of drug-likeness (QED) is 0.422. The lowest BCUT2D eigenvalue weighted by Crippen LogP contribution is -2.39. The van der Waals surface area contributed by atoms with Gasteiger partial charge in [0.05, 0.1) is 23.8 Å². The summed E-state index contributed by atoms with van der Waals surface area (Å²) < 4.78 is 64.6. The molecule has 0 aliphatic rings. The van der Waals surface area contributed by atoms with Crippen LogP contribution in [0.3, 0.4) is 0 Å². The lowest BCUT2D eigenvalue weighted by atomic mass is 9.97. The zero-order valence-corrected chi connectivity index (χ0v) is 17.7. The highest BCUT2D eigenvalue weighted by Crippen LogP contribution is 2.38. The van der Waals surface area contributed by atoms with Gasteiger partial charge in [-0.15, -0.1) is 11.3 Å². The maximum Gasteiger partial charge on any atom is 0.417 e. The Hall–Kier alpha value is -2.67. The van der Waals surface area contributed by atoms with Crippen LogP contribution in [0.25, 0.3) is 11.1 Å². The van der Waals surface area contributed by atoms with Crippen LogP contribution in [0, 0.1) is 6.92 Å². The van der Waals surface area contributed by atoms with Crippen molar-refractivity contribution >= 4 is 28.5 Å². The van der Waals surface area contributed by atoms with Gasteiger partial charge in [-0.05, 0) is 24.6 Å². The van der Waals surface area contributed by atoms with Crippen LogP contribution in [-0.4, -0.2) is 36.2 Å². The van der Waals surface area contributed by atoms with Crippen LogP contribution >= 0.6 is 11.3 Å². The molecule has 31 heavy (non-hydrogen) atoms. The van der Waals surface area contributed by atoms with Crippen LogP contribution in [0.4, 0.5) is 13.2 Å². The normalized spacial score (nSPS) is 12.5. The molecule has 1 aromatic carbocycles. The molecule has 1 unspecified atom stereocenters. The minimum Gasteiger partial charge on any atom is -0.760 e. The Morgan fingerprint density at radius 1 is 1.19 bits per heavy atom. The fraction of sp³-hybridized carbons (Fsp3) is 0.211. The molecule has 3 aromatic rings. The fourth-order valence-electron chi connectivity index (χ4n) is 2.90. The first-order valence-electron chi connectivity index (χ1n) is 8.81. The minimum absolute atomic E-state index is 0.00541. The third-order valence-corrected chi connectivity index (χ3v) is 5.47. The summed E-state index contributed by atoms with van der Waals surface area (Å²) >= 11 is -1.33. The van der Waals surface area contributed by atoms with Gasteiger partial charge in [-0.2, -0.15) is 13.2 Å². The molecule has 0 bridgehead atoms.